The minimum Gasteiger partial charge on any atom is -0.490 e. The van der Waals surface area contributed by atoms with Gasteiger partial charge in [-0.2, -0.15) is 0 Å². The predicted molar refractivity (Wildman–Crippen MR) is 140 cm³/mol. The van der Waals surface area contributed by atoms with Crippen LogP contribution in [0.15, 0.2) is 71.8 Å². The van der Waals surface area contributed by atoms with Crippen LogP contribution in [-0.4, -0.2) is 23.8 Å². The topological polar surface area (TPSA) is 52.6 Å². The number of hydrogen-bond donors (Lipinski definition) is 0. The minimum absolute atomic E-state index is 0.140. The Balaban J connectivity index is 1.46. The van der Waals surface area contributed by atoms with Crippen LogP contribution in [-0.2, 0) is 9.47 Å². The number of carbonyl (C=O) groups excluding carboxylic acids is 2. The van der Waals surface area contributed by atoms with Crippen molar-refractivity contribution < 1.29 is 19.1 Å². The molecule has 0 bridgehead atoms. The van der Waals surface area contributed by atoms with Crippen LogP contribution in [0.25, 0.3) is 11.5 Å². The first kappa shape index (κ1) is 23.0. The molecule has 0 saturated heterocycles. The van der Waals surface area contributed by atoms with E-state index in [1.54, 1.807) is 12.2 Å². The van der Waals surface area contributed by atoms with Gasteiger partial charge in [0.25, 0.3) is 0 Å². The predicted octanol–water partition coefficient (Wildman–Crippen LogP) is 7.46. The fourth-order valence-electron chi connectivity index (χ4n) is 5.95. The van der Waals surface area contributed by atoms with Crippen molar-refractivity contribution in [2.45, 2.75) is 76.4 Å². The molecule has 184 valence electrons. The molecule has 2 saturated carbocycles. The maximum atomic E-state index is 13.7. The lowest BCUT2D eigenvalue weighted by Gasteiger charge is -2.29. The fraction of sp³-hybridized carbons (Fsp3) is 0.375. The number of ether oxygens (including phenoxy) is 2. The highest BCUT2D eigenvalue weighted by Crippen LogP contribution is 2.39. The Labute approximate surface area is 212 Å². The first-order valence-corrected chi connectivity index (χ1v) is 13.5. The van der Waals surface area contributed by atoms with Gasteiger partial charge in [-0.15, -0.1) is 0 Å². The number of fused-ring (bicyclic) bond motifs is 2. The van der Waals surface area contributed by atoms with E-state index in [0.717, 1.165) is 62.5 Å². The van der Waals surface area contributed by atoms with Gasteiger partial charge in [-0.05, 0) is 63.5 Å². The van der Waals surface area contributed by atoms with E-state index in [9.17, 15) is 9.59 Å². The Kier molecular flexibility index (Phi) is 6.35. The Bertz CT molecular complexity index is 1180. The average molecular weight is 481 g/mol. The molecule has 0 aromatic heterocycles. The average Bonchev–Trinajstić information content (AvgIpc) is 2.93. The third-order valence-electron chi connectivity index (χ3n) is 7.90. The summed E-state index contributed by atoms with van der Waals surface area (Å²) in [5, 5.41) is 0. The largest absolute Gasteiger partial charge is 0.490 e. The molecule has 2 fully saturated rings. The van der Waals surface area contributed by atoms with E-state index < -0.39 is 0 Å². The van der Waals surface area contributed by atoms with E-state index in [-0.39, 0.29) is 23.8 Å². The Hall–Kier alpha value is -3.40. The summed E-state index contributed by atoms with van der Waals surface area (Å²) in [6.45, 7) is 0. The van der Waals surface area contributed by atoms with Gasteiger partial charge in [0, 0.05) is 33.4 Å². The molecule has 0 N–H and O–H groups in total. The van der Waals surface area contributed by atoms with Crippen LogP contribution < -0.4 is 0 Å². The third kappa shape index (κ3) is 4.34. The first-order chi connectivity index (χ1) is 17.7. The van der Waals surface area contributed by atoms with Gasteiger partial charge in [0.1, 0.15) is 11.5 Å². The van der Waals surface area contributed by atoms with E-state index in [1.807, 2.05) is 48.5 Å². The molecule has 36 heavy (non-hydrogen) atoms. The number of hydrogen-bond acceptors (Lipinski definition) is 4. The van der Waals surface area contributed by atoms with Crippen molar-refractivity contribution in [2.24, 2.45) is 0 Å². The SMILES string of the molecule is O=C1/C(=C2\C=C(OC3CCCCC3)c3ccccc3C2=O)C=C(OC2CCCCC2)c2ccccc21. The maximum absolute atomic E-state index is 13.7. The van der Waals surface area contributed by atoms with Crippen LogP contribution in [0, 0.1) is 0 Å². The smallest absolute Gasteiger partial charge is 0.194 e. The van der Waals surface area contributed by atoms with Crippen LogP contribution in [0.5, 0.6) is 0 Å². The van der Waals surface area contributed by atoms with Gasteiger partial charge in [-0.25, -0.2) is 0 Å². The number of carbonyl (C=O) groups is 2. The molecule has 4 heteroatoms. The van der Waals surface area contributed by atoms with Crippen molar-refractivity contribution in [1.29, 1.82) is 0 Å². The highest BCUT2D eigenvalue weighted by molar-refractivity contribution is 6.25. The Morgan fingerprint density at radius 3 is 1.25 bits per heavy atom. The fourth-order valence-corrected chi connectivity index (χ4v) is 5.95. The van der Waals surface area contributed by atoms with Crippen LogP contribution >= 0.6 is 0 Å². The molecule has 2 aromatic carbocycles. The molecule has 0 spiro atoms. The lowest BCUT2D eigenvalue weighted by atomic mass is 9.83. The standard InChI is InChI=1S/C32H32O4/c33-31-25-17-9-7-15-23(25)29(35-21-11-3-1-4-12-21)19-27(31)28-20-30(36-22-13-5-2-6-14-22)24-16-8-10-18-26(24)32(28)34/h7-10,15-22H,1-6,11-14H2/b28-27+. The lowest BCUT2D eigenvalue weighted by molar-refractivity contribution is 0.0991. The van der Waals surface area contributed by atoms with Crippen molar-refractivity contribution in [3.8, 4) is 0 Å². The summed E-state index contributed by atoms with van der Waals surface area (Å²) >= 11 is 0. The first-order valence-electron chi connectivity index (χ1n) is 13.5. The van der Waals surface area contributed by atoms with E-state index in [0.29, 0.717) is 33.8 Å². The monoisotopic (exact) mass is 480 g/mol. The molecule has 2 aromatic rings. The minimum atomic E-state index is -0.141. The number of allylic oxidation sites excluding steroid dienone is 4. The van der Waals surface area contributed by atoms with Crippen molar-refractivity contribution >= 4 is 23.1 Å². The Morgan fingerprint density at radius 2 is 0.861 bits per heavy atom. The second-order valence-corrected chi connectivity index (χ2v) is 10.3. The summed E-state index contributed by atoms with van der Waals surface area (Å²) in [5.41, 5.74) is 3.58. The Morgan fingerprint density at radius 1 is 0.500 bits per heavy atom. The number of benzene rings is 2. The lowest BCUT2D eigenvalue weighted by Crippen LogP contribution is -2.23. The van der Waals surface area contributed by atoms with Crippen molar-refractivity contribution in [2.75, 3.05) is 0 Å². The van der Waals surface area contributed by atoms with Gasteiger partial charge in [-0.1, -0.05) is 61.4 Å². The third-order valence-corrected chi connectivity index (χ3v) is 7.90. The summed E-state index contributed by atoms with van der Waals surface area (Å²) < 4.78 is 13.0. The zero-order valence-electron chi connectivity index (χ0n) is 20.6. The van der Waals surface area contributed by atoms with E-state index in [4.69, 9.17) is 9.47 Å². The number of Topliss-reactive ketones (excluding diaryl/α,β-unsaturated/α-hetero) is 2. The molecule has 0 unspecified atom stereocenters. The highest BCUT2D eigenvalue weighted by Gasteiger charge is 2.33. The van der Waals surface area contributed by atoms with Gasteiger partial charge in [-0.3, -0.25) is 9.59 Å². The van der Waals surface area contributed by atoms with Crippen molar-refractivity contribution in [1.82, 2.24) is 0 Å². The quantitative estimate of drug-likeness (QED) is 0.426. The molecular formula is C32H32O4. The van der Waals surface area contributed by atoms with Gasteiger partial charge in [0.2, 0.25) is 0 Å². The number of rotatable bonds is 4. The molecule has 6 rings (SSSR count). The summed E-state index contributed by atoms with van der Waals surface area (Å²) in [7, 11) is 0. The van der Waals surface area contributed by atoms with Crippen molar-refractivity contribution in [3.63, 3.8) is 0 Å². The van der Waals surface area contributed by atoms with E-state index in [1.165, 1.54) is 12.8 Å². The zero-order valence-corrected chi connectivity index (χ0v) is 20.6. The van der Waals surface area contributed by atoms with Crippen LogP contribution in [0.1, 0.15) is 96.1 Å². The maximum Gasteiger partial charge on any atom is 0.194 e. The summed E-state index contributed by atoms with van der Waals surface area (Å²) in [6.07, 6.45) is 15.1. The van der Waals surface area contributed by atoms with Crippen LogP contribution in [0.4, 0.5) is 0 Å². The van der Waals surface area contributed by atoms with Gasteiger partial charge in [0.15, 0.2) is 11.6 Å². The number of ketones is 2. The van der Waals surface area contributed by atoms with E-state index >= 15 is 0 Å². The summed E-state index contributed by atoms with van der Waals surface area (Å²) in [4.78, 5) is 27.5. The van der Waals surface area contributed by atoms with E-state index in [2.05, 4.69) is 0 Å². The second-order valence-electron chi connectivity index (χ2n) is 10.3. The highest BCUT2D eigenvalue weighted by atomic mass is 16.5. The molecule has 4 aliphatic rings. The second kappa shape index (κ2) is 9.93. The molecule has 0 atom stereocenters. The summed E-state index contributed by atoms with van der Waals surface area (Å²) in [6, 6.07) is 15.1. The molecule has 0 aliphatic heterocycles. The normalized spacial score (nSPS) is 22.9. The molecule has 4 nitrogen and oxygen atoms in total. The van der Waals surface area contributed by atoms with Gasteiger partial charge in [0.05, 0.1) is 12.2 Å². The van der Waals surface area contributed by atoms with Crippen LogP contribution in [0.3, 0.4) is 0 Å². The zero-order chi connectivity index (χ0) is 24.5. The molecule has 4 aliphatic carbocycles. The van der Waals surface area contributed by atoms with Gasteiger partial charge >= 0.3 is 0 Å². The molecule has 0 amide bonds. The molecule has 0 heterocycles. The molecule has 0 radical (unpaired) electrons. The van der Waals surface area contributed by atoms with Crippen molar-refractivity contribution in [3.05, 3.63) is 94.1 Å². The van der Waals surface area contributed by atoms with Crippen LogP contribution in [0.2, 0.25) is 0 Å². The molecular weight excluding hydrogens is 448 g/mol. The van der Waals surface area contributed by atoms with Gasteiger partial charge < -0.3 is 9.47 Å². The summed E-state index contributed by atoms with van der Waals surface area (Å²) in [5.74, 6) is 1.10.